The lowest BCUT2D eigenvalue weighted by Gasteiger charge is -2.20. The molecule has 6 nitrogen and oxygen atoms in total. The second-order valence-electron chi connectivity index (χ2n) is 5.37. The summed E-state index contributed by atoms with van der Waals surface area (Å²) in [5, 5.41) is 11.6. The van der Waals surface area contributed by atoms with Crippen LogP contribution in [-0.4, -0.2) is 41.1 Å². The third-order valence-electron chi connectivity index (χ3n) is 3.77. The standard InChI is InChI=1S/C17H21FN2O4/c1-3-11(4-2)24-14-7-5-6-12(18)16(14)19-13-10-15(22)20(8-9-21)17(13)23/h5-7,10-11,19,21H,3-4,8-9H2,1-2H3. The molecule has 0 saturated carbocycles. The number of aliphatic hydroxyl groups excluding tert-OH is 1. The summed E-state index contributed by atoms with van der Waals surface area (Å²) in [6.45, 7) is 3.50. The van der Waals surface area contributed by atoms with E-state index < -0.39 is 17.6 Å². The van der Waals surface area contributed by atoms with Crippen molar-refractivity contribution >= 4 is 17.5 Å². The zero-order valence-corrected chi connectivity index (χ0v) is 13.7. The summed E-state index contributed by atoms with van der Waals surface area (Å²) in [5.41, 5.74) is -0.0319. The molecule has 0 atom stereocenters. The minimum Gasteiger partial charge on any atom is -0.488 e. The largest absolute Gasteiger partial charge is 0.488 e. The first kappa shape index (κ1) is 17.9. The van der Waals surface area contributed by atoms with Crippen LogP contribution in [-0.2, 0) is 9.59 Å². The van der Waals surface area contributed by atoms with Gasteiger partial charge < -0.3 is 15.2 Å². The highest BCUT2D eigenvalue weighted by molar-refractivity contribution is 6.17. The van der Waals surface area contributed by atoms with Crippen LogP contribution < -0.4 is 10.1 Å². The number of halogens is 1. The summed E-state index contributed by atoms with van der Waals surface area (Å²) < 4.78 is 20.0. The van der Waals surface area contributed by atoms with E-state index in [0.29, 0.717) is 0 Å². The number of imide groups is 1. The van der Waals surface area contributed by atoms with E-state index in [4.69, 9.17) is 9.84 Å². The molecule has 1 aliphatic heterocycles. The van der Waals surface area contributed by atoms with Crippen molar-refractivity contribution in [2.45, 2.75) is 32.8 Å². The predicted molar refractivity (Wildman–Crippen MR) is 86.9 cm³/mol. The van der Waals surface area contributed by atoms with Gasteiger partial charge in [-0.1, -0.05) is 19.9 Å². The number of hydrogen-bond acceptors (Lipinski definition) is 5. The molecule has 0 unspecified atom stereocenters. The fourth-order valence-corrected chi connectivity index (χ4v) is 2.40. The van der Waals surface area contributed by atoms with Crippen LogP contribution in [0.4, 0.5) is 10.1 Å². The van der Waals surface area contributed by atoms with Crippen LogP contribution in [0.3, 0.4) is 0 Å². The lowest BCUT2D eigenvalue weighted by Crippen LogP contribution is -2.34. The summed E-state index contributed by atoms with van der Waals surface area (Å²) in [6.07, 6.45) is 2.53. The number of amides is 2. The minimum atomic E-state index is -0.606. The number of hydrogen-bond donors (Lipinski definition) is 2. The Morgan fingerprint density at radius 3 is 2.62 bits per heavy atom. The predicted octanol–water partition coefficient (Wildman–Crippen LogP) is 2.05. The Labute approximate surface area is 139 Å². The number of benzene rings is 1. The lowest BCUT2D eigenvalue weighted by atomic mass is 10.2. The molecule has 24 heavy (non-hydrogen) atoms. The molecule has 0 spiro atoms. The van der Waals surface area contributed by atoms with Gasteiger partial charge in [-0.2, -0.15) is 0 Å². The van der Waals surface area contributed by atoms with Crippen molar-refractivity contribution < 1.29 is 23.8 Å². The third-order valence-corrected chi connectivity index (χ3v) is 3.77. The molecular formula is C17H21FN2O4. The van der Waals surface area contributed by atoms with Gasteiger partial charge in [0.15, 0.2) is 0 Å². The molecule has 0 bridgehead atoms. The molecule has 1 aromatic carbocycles. The maximum atomic E-state index is 14.2. The van der Waals surface area contributed by atoms with Crippen LogP contribution in [0.1, 0.15) is 26.7 Å². The normalized spacial score (nSPS) is 14.4. The summed E-state index contributed by atoms with van der Waals surface area (Å²) in [5.74, 6) is -1.45. The average Bonchev–Trinajstić information content (AvgIpc) is 2.83. The van der Waals surface area contributed by atoms with Crippen molar-refractivity contribution in [1.82, 2.24) is 4.90 Å². The maximum Gasteiger partial charge on any atom is 0.277 e. The summed E-state index contributed by atoms with van der Waals surface area (Å²) in [6, 6.07) is 4.37. The fourth-order valence-electron chi connectivity index (χ4n) is 2.40. The van der Waals surface area contributed by atoms with Crippen LogP contribution in [0.25, 0.3) is 0 Å². The van der Waals surface area contributed by atoms with E-state index in [9.17, 15) is 14.0 Å². The van der Waals surface area contributed by atoms with E-state index in [0.717, 1.165) is 23.8 Å². The zero-order chi connectivity index (χ0) is 17.7. The highest BCUT2D eigenvalue weighted by atomic mass is 19.1. The van der Waals surface area contributed by atoms with Gasteiger partial charge in [0.05, 0.1) is 19.3 Å². The molecule has 2 N–H and O–H groups in total. The molecule has 0 saturated heterocycles. The van der Waals surface area contributed by atoms with Crippen molar-refractivity contribution in [3.63, 3.8) is 0 Å². The SMILES string of the molecule is CCC(CC)Oc1cccc(F)c1NC1=CC(=O)N(CCO)C1=O. The number of para-hydroxylation sites is 1. The fraction of sp³-hybridized carbons (Fsp3) is 0.412. The Balaban J connectivity index is 2.25. The molecule has 1 aliphatic rings. The van der Waals surface area contributed by atoms with Crippen molar-refractivity contribution in [2.75, 3.05) is 18.5 Å². The van der Waals surface area contributed by atoms with Crippen LogP contribution in [0.15, 0.2) is 30.0 Å². The quantitative estimate of drug-likeness (QED) is 0.711. The highest BCUT2D eigenvalue weighted by Crippen LogP contribution is 2.31. The first-order valence-corrected chi connectivity index (χ1v) is 7.92. The van der Waals surface area contributed by atoms with Gasteiger partial charge in [0, 0.05) is 6.08 Å². The molecular weight excluding hydrogens is 315 g/mol. The van der Waals surface area contributed by atoms with Gasteiger partial charge in [0.1, 0.15) is 23.0 Å². The Morgan fingerprint density at radius 2 is 2.00 bits per heavy atom. The lowest BCUT2D eigenvalue weighted by molar-refractivity contribution is -0.137. The zero-order valence-electron chi connectivity index (χ0n) is 13.7. The number of nitrogens with one attached hydrogen (secondary N) is 1. The number of rotatable bonds is 8. The van der Waals surface area contributed by atoms with E-state index in [-0.39, 0.29) is 36.4 Å². The monoisotopic (exact) mass is 336 g/mol. The van der Waals surface area contributed by atoms with Crippen LogP contribution >= 0.6 is 0 Å². The van der Waals surface area contributed by atoms with Gasteiger partial charge in [-0.3, -0.25) is 14.5 Å². The molecule has 7 heteroatoms. The molecule has 2 rings (SSSR count). The van der Waals surface area contributed by atoms with E-state index in [1.54, 1.807) is 6.07 Å². The van der Waals surface area contributed by atoms with Gasteiger partial charge in [-0.05, 0) is 25.0 Å². The van der Waals surface area contributed by atoms with Crippen LogP contribution in [0.2, 0.25) is 0 Å². The third kappa shape index (κ3) is 3.73. The molecule has 130 valence electrons. The second-order valence-corrected chi connectivity index (χ2v) is 5.37. The molecule has 0 radical (unpaired) electrons. The minimum absolute atomic E-state index is 0.0163. The Morgan fingerprint density at radius 1 is 1.29 bits per heavy atom. The van der Waals surface area contributed by atoms with E-state index in [1.165, 1.54) is 12.1 Å². The number of nitrogens with zero attached hydrogens (tertiary/aromatic N) is 1. The summed E-state index contributed by atoms with van der Waals surface area (Å²) >= 11 is 0. The number of carbonyl (C=O) groups excluding carboxylic acids is 2. The van der Waals surface area contributed by atoms with E-state index in [2.05, 4.69) is 5.32 Å². The van der Waals surface area contributed by atoms with Crippen LogP contribution in [0, 0.1) is 5.82 Å². The molecule has 0 aliphatic carbocycles. The maximum absolute atomic E-state index is 14.2. The first-order chi connectivity index (χ1) is 11.5. The Hall–Kier alpha value is -2.41. The smallest absolute Gasteiger partial charge is 0.277 e. The van der Waals surface area contributed by atoms with Crippen LogP contribution in [0.5, 0.6) is 5.75 Å². The van der Waals surface area contributed by atoms with Crippen molar-refractivity contribution in [1.29, 1.82) is 0 Å². The molecule has 2 amide bonds. The number of aliphatic hydroxyl groups is 1. The van der Waals surface area contributed by atoms with E-state index in [1.807, 2.05) is 13.8 Å². The number of carbonyl (C=O) groups is 2. The highest BCUT2D eigenvalue weighted by Gasteiger charge is 2.31. The molecule has 0 aromatic heterocycles. The van der Waals surface area contributed by atoms with E-state index >= 15 is 0 Å². The number of β-amino-alcohol motifs (C(OH)–C–C–N with tert-alkyl or cyclic N) is 1. The summed E-state index contributed by atoms with van der Waals surface area (Å²) in [7, 11) is 0. The van der Waals surface area contributed by atoms with Gasteiger partial charge in [0.25, 0.3) is 11.8 Å². The molecule has 1 heterocycles. The Kier molecular flexibility index (Phi) is 5.92. The Bertz CT molecular complexity index is 656. The van der Waals surface area contributed by atoms with Crippen molar-refractivity contribution in [2.24, 2.45) is 0 Å². The number of anilines is 1. The first-order valence-electron chi connectivity index (χ1n) is 7.92. The van der Waals surface area contributed by atoms with Gasteiger partial charge in [0.2, 0.25) is 0 Å². The topological polar surface area (TPSA) is 78.9 Å². The van der Waals surface area contributed by atoms with Gasteiger partial charge in [-0.25, -0.2) is 4.39 Å². The molecule has 1 aromatic rings. The number of ether oxygens (including phenoxy) is 1. The second kappa shape index (κ2) is 7.92. The van der Waals surface area contributed by atoms with Crippen molar-refractivity contribution in [3.8, 4) is 5.75 Å². The average molecular weight is 336 g/mol. The van der Waals surface area contributed by atoms with Crippen molar-refractivity contribution in [3.05, 3.63) is 35.8 Å². The van der Waals surface area contributed by atoms with Gasteiger partial charge >= 0.3 is 0 Å². The van der Waals surface area contributed by atoms with Gasteiger partial charge in [-0.15, -0.1) is 0 Å². The summed E-state index contributed by atoms with van der Waals surface area (Å²) in [4.78, 5) is 24.8. The molecule has 0 fully saturated rings.